The number of para-hydroxylation sites is 1. The van der Waals surface area contributed by atoms with Gasteiger partial charge in [-0.3, -0.25) is 14.9 Å². The van der Waals surface area contributed by atoms with Gasteiger partial charge < -0.3 is 5.32 Å². The third kappa shape index (κ3) is 3.76. The van der Waals surface area contributed by atoms with E-state index >= 15 is 0 Å². The lowest BCUT2D eigenvalue weighted by Crippen LogP contribution is -2.16. The summed E-state index contributed by atoms with van der Waals surface area (Å²) in [5, 5.41) is 13.5. The highest BCUT2D eigenvalue weighted by Gasteiger charge is 2.16. The second kappa shape index (κ2) is 6.32. The molecular formula is C14H10ClFN2O3. The summed E-state index contributed by atoms with van der Waals surface area (Å²) in [4.78, 5) is 22.2. The molecular weight excluding hydrogens is 299 g/mol. The van der Waals surface area contributed by atoms with Crippen LogP contribution in [0.3, 0.4) is 0 Å². The lowest BCUT2D eigenvalue weighted by Gasteiger charge is -2.07. The summed E-state index contributed by atoms with van der Waals surface area (Å²) in [6.45, 7) is 0. The molecule has 7 heteroatoms. The normalized spacial score (nSPS) is 10.2. The Morgan fingerprint density at radius 3 is 2.71 bits per heavy atom. The lowest BCUT2D eigenvalue weighted by molar-refractivity contribution is -0.385. The first kappa shape index (κ1) is 14.9. The van der Waals surface area contributed by atoms with E-state index in [1.165, 1.54) is 30.3 Å². The molecule has 1 amide bonds. The Hall–Kier alpha value is -2.47. The fourth-order valence-electron chi connectivity index (χ4n) is 1.80. The molecule has 0 saturated heterocycles. The number of carbonyl (C=O) groups excluding carboxylic acids is 1. The van der Waals surface area contributed by atoms with Gasteiger partial charge in [0.1, 0.15) is 5.82 Å². The van der Waals surface area contributed by atoms with Crippen molar-refractivity contribution >= 4 is 28.9 Å². The van der Waals surface area contributed by atoms with Crippen LogP contribution in [0.5, 0.6) is 0 Å². The van der Waals surface area contributed by atoms with Crippen molar-refractivity contribution < 1.29 is 14.1 Å². The zero-order valence-electron chi connectivity index (χ0n) is 10.7. The van der Waals surface area contributed by atoms with E-state index in [1.54, 1.807) is 6.07 Å². The van der Waals surface area contributed by atoms with E-state index in [4.69, 9.17) is 11.6 Å². The zero-order valence-corrected chi connectivity index (χ0v) is 11.4. The Kier molecular flexibility index (Phi) is 4.49. The van der Waals surface area contributed by atoms with Gasteiger partial charge in [0.15, 0.2) is 0 Å². The minimum atomic E-state index is -0.629. The molecule has 0 unspecified atom stereocenters. The number of amides is 1. The van der Waals surface area contributed by atoms with Gasteiger partial charge in [-0.05, 0) is 18.2 Å². The van der Waals surface area contributed by atoms with Crippen molar-refractivity contribution in [3.05, 3.63) is 69.0 Å². The van der Waals surface area contributed by atoms with Crippen molar-refractivity contribution in [3.8, 4) is 0 Å². The fraction of sp³-hybridized carbons (Fsp3) is 0.0714. The quantitative estimate of drug-likeness (QED) is 0.693. The van der Waals surface area contributed by atoms with Gasteiger partial charge in [0.2, 0.25) is 5.91 Å². The van der Waals surface area contributed by atoms with Crippen LogP contribution in [0.4, 0.5) is 15.8 Å². The Morgan fingerprint density at radius 1 is 1.29 bits per heavy atom. The first-order valence-corrected chi connectivity index (χ1v) is 6.32. The van der Waals surface area contributed by atoms with Crippen LogP contribution in [0.2, 0.25) is 5.02 Å². The predicted molar refractivity (Wildman–Crippen MR) is 76.8 cm³/mol. The van der Waals surface area contributed by atoms with Gasteiger partial charge >= 0.3 is 0 Å². The van der Waals surface area contributed by atoms with Crippen molar-refractivity contribution in [1.82, 2.24) is 0 Å². The van der Waals surface area contributed by atoms with Crippen LogP contribution >= 0.6 is 11.6 Å². The summed E-state index contributed by atoms with van der Waals surface area (Å²) in [5.41, 5.74) is 0.0349. The van der Waals surface area contributed by atoms with E-state index < -0.39 is 16.6 Å². The number of nitrogens with zero attached hydrogens (tertiary/aromatic N) is 1. The summed E-state index contributed by atoms with van der Waals surface area (Å²) in [5.74, 6) is -1.19. The molecule has 0 heterocycles. The molecule has 2 aromatic rings. The standard InChI is InChI=1S/C14H10ClFN2O3/c15-10-5-6-11(16)12(8-10)17-14(19)7-9-3-1-2-4-13(9)18(20)21/h1-6,8H,7H2,(H,17,19). The van der Waals surface area contributed by atoms with Gasteiger partial charge in [-0.1, -0.05) is 29.8 Å². The second-order valence-corrected chi connectivity index (χ2v) is 4.67. The maximum Gasteiger partial charge on any atom is 0.273 e. The van der Waals surface area contributed by atoms with Crippen molar-refractivity contribution in [3.63, 3.8) is 0 Å². The first-order valence-electron chi connectivity index (χ1n) is 5.94. The molecule has 21 heavy (non-hydrogen) atoms. The Balaban J connectivity index is 2.16. The summed E-state index contributed by atoms with van der Waals surface area (Å²) >= 11 is 5.72. The van der Waals surface area contributed by atoms with E-state index in [2.05, 4.69) is 5.32 Å². The average Bonchev–Trinajstić information content (AvgIpc) is 2.43. The Bertz CT molecular complexity index is 706. The highest BCUT2D eigenvalue weighted by Crippen LogP contribution is 2.21. The molecule has 5 nitrogen and oxygen atoms in total. The minimum Gasteiger partial charge on any atom is -0.323 e. The Morgan fingerprint density at radius 2 is 2.00 bits per heavy atom. The third-order valence-corrected chi connectivity index (χ3v) is 2.98. The van der Waals surface area contributed by atoms with Crippen LogP contribution in [-0.2, 0) is 11.2 Å². The van der Waals surface area contributed by atoms with Gasteiger partial charge in [0.25, 0.3) is 5.69 Å². The van der Waals surface area contributed by atoms with E-state index in [9.17, 15) is 19.3 Å². The summed E-state index contributed by atoms with van der Waals surface area (Å²) in [6, 6.07) is 9.64. The fourth-order valence-corrected chi connectivity index (χ4v) is 1.97. The predicted octanol–water partition coefficient (Wildman–Crippen LogP) is 3.57. The van der Waals surface area contributed by atoms with Gasteiger partial charge in [0.05, 0.1) is 17.0 Å². The number of halogens is 2. The number of hydrogen-bond acceptors (Lipinski definition) is 3. The Labute approximate surface area is 124 Å². The number of anilines is 1. The first-order chi connectivity index (χ1) is 9.97. The van der Waals surface area contributed by atoms with Gasteiger partial charge in [-0.2, -0.15) is 0 Å². The van der Waals surface area contributed by atoms with Gasteiger partial charge in [-0.25, -0.2) is 4.39 Å². The van der Waals surface area contributed by atoms with E-state index in [0.717, 1.165) is 6.07 Å². The SMILES string of the molecule is O=C(Cc1ccccc1[N+](=O)[O-])Nc1cc(Cl)ccc1F. The number of hydrogen-bond donors (Lipinski definition) is 1. The molecule has 0 fully saturated rings. The highest BCUT2D eigenvalue weighted by atomic mass is 35.5. The lowest BCUT2D eigenvalue weighted by atomic mass is 10.1. The van der Waals surface area contributed by atoms with E-state index in [-0.39, 0.29) is 28.4 Å². The van der Waals surface area contributed by atoms with Crippen LogP contribution in [0.1, 0.15) is 5.56 Å². The molecule has 0 aromatic heterocycles. The molecule has 0 bridgehead atoms. The van der Waals surface area contributed by atoms with E-state index in [0.29, 0.717) is 0 Å². The number of nitrogens with one attached hydrogen (secondary N) is 1. The number of nitro benzene ring substituents is 1. The number of rotatable bonds is 4. The third-order valence-electron chi connectivity index (χ3n) is 2.74. The maximum atomic E-state index is 13.5. The van der Waals surface area contributed by atoms with Crippen LogP contribution in [0.25, 0.3) is 0 Å². The van der Waals surface area contributed by atoms with Crippen molar-refractivity contribution in [1.29, 1.82) is 0 Å². The van der Waals surface area contributed by atoms with Crippen LogP contribution < -0.4 is 5.32 Å². The minimum absolute atomic E-state index is 0.0638. The summed E-state index contributed by atoms with van der Waals surface area (Å²) in [7, 11) is 0. The van der Waals surface area contributed by atoms with Gasteiger partial charge in [-0.15, -0.1) is 0 Å². The van der Waals surface area contributed by atoms with Crippen LogP contribution in [0, 0.1) is 15.9 Å². The molecule has 0 aliphatic rings. The van der Waals surface area contributed by atoms with Crippen molar-refractivity contribution in [2.75, 3.05) is 5.32 Å². The molecule has 1 N–H and O–H groups in total. The molecule has 2 rings (SSSR count). The van der Waals surface area contributed by atoms with Crippen LogP contribution in [-0.4, -0.2) is 10.8 Å². The monoisotopic (exact) mass is 308 g/mol. The molecule has 0 aliphatic heterocycles. The smallest absolute Gasteiger partial charge is 0.273 e. The number of nitro groups is 1. The number of benzene rings is 2. The summed E-state index contributed by atoms with van der Waals surface area (Å²) in [6.07, 6.45) is -0.233. The molecule has 2 aromatic carbocycles. The largest absolute Gasteiger partial charge is 0.323 e. The molecule has 0 radical (unpaired) electrons. The maximum absolute atomic E-state index is 13.5. The number of carbonyl (C=O) groups is 1. The molecule has 0 spiro atoms. The van der Waals surface area contributed by atoms with E-state index in [1.807, 2.05) is 0 Å². The molecule has 0 saturated carbocycles. The molecule has 0 aliphatic carbocycles. The molecule has 108 valence electrons. The summed E-state index contributed by atoms with van der Waals surface area (Å²) < 4.78 is 13.5. The van der Waals surface area contributed by atoms with Gasteiger partial charge in [0, 0.05) is 16.7 Å². The molecule has 0 atom stereocenters. The average molecular weight is 309 g/mol. The van der Waals surface area contributed by atoms with Crippen molar-refractivity contribution in [2.45, 2.75) is 6.42 Å². The van der Waals surface area contributed by atoms with Crippen molar-refractivity contribution in [2.24, 2.45) is 0 Å². The second-order valence-electron chi connectivity index (χ2n) is 4.23. The zero-order chi connectivity index (χ0) is 15.4. The highest BCUT2D eigenvalue weighted by molar-refractivity contribution is 6.30. The van der Waals surface area contributed by atoms with Crippen LogP contribution in [0.15, 0.2) is 42.5 Å². The topological polar surface area (TPSA) is 72.2 Å².